The zero-order chi connectivity index (χ0) is 22.1. The molecule has 1 aliphatic rings. The van der Waals surface area contributed by atoms with Crippen LogP contribution in [0.3, 0.4) is 0 Å². The Balaban J connectivity index is 1.51. The molecule has 0 aliphatic carbocycles. The minimum Gasteiger partial charge on any atom is -0.383 e. The number of hydrogen-bond acceptors (Lipinski definition) is 6. The summed E-state index contributed by atoms with van der Waals surface area (Å²) < 4.78 is 18.8. The second kappa shape index (κ2) is 8.29. The van der Waals surface area contributed by atoms with Crippen LogP contribution in [0.1, 0.15) is 5.56 Å². The zero-order valence-electron chi connectivity index (χ0n) is 16.7. The van der Waals surface area contributed by atoms with Crippen molar-refractivity contribution in [3.05, 3.63) is 60.0 Å². The van der Waals surface area contributed by atoms with Crippen molar-refractivity contribution in [1.82, 2.24) is 4.98 Å². The van der Waals surface area contributed by atoms with Gasteiger partial charge in [-0.25, -0.2) is 9.37 Å². The van der Waals surface area contributed by atoms with E-state index >= 15 is 0 Å². The summed E-state index contributed by atoms with van der Waals surface area (Å²) in [5.74, 6) is -1.39. The molecule has 4 rings (SSSR count). The maximum atomic E-state index is 13.4. The molecule has 1 fully saturated rings. The Labute approximate surface area is 177 Å². The molecule has 31 heavy (non-hydrogen) atoms. The van der Waals surface area contributed by atoms with Crippen molar-refractivity contribution in [2.24, 2.45) is 0 Å². The van der Waals surface area contributed by atoms with Gasteiger partial charge < -0.3 is 25.8 Å². The predicted octanol–water partition coefficient (Wildman–Crippen LogP) is 2.00. The Morgan fingerprint density at radius 1 is 1.32 bits per heavy atom. The highest BCUT2D eigenvalue weighted by Gasteiger charge is 2.39. The van der Waals surface area contributed by atoms with Crippen LogP contribution in [0.4, 0.5) is 21.6 Å². The van der Waals surface area contributed by atoms with Crippen molar-refractivity contribution < 1.29 is 23.8 Å². The van der Waals surface area contributed by atoms with Gasteiger partial charge in [-0.05, 0) is 60.3 Å². The van der Waals surface area contributed by atoms with E-state index in [0.717, 1.165) is 10.8 Å². The number of aromatic nitrogens is 1. The number of nitrogens with two attached hydrogens (primary N) is 1. The van der Waals surface area contributed by atoms with E-state index in [0.29, 0.717) is 22.8 Å². The third-order valence-electron chi connectivity index (χ3n) is 5.19. The number of nitrogens with one attached hydrogen (secondary N) is 1. The van der Waals surface area contributed by atoms with Crippen LogP contribution in [0, 0.1) is 12.7 Å². The molecule has 1 aromatic heterocycles. The van der Waals surface area contributed by atoms with Crippen LogP contribution in [-0.4, -0.2) is 47.3 Å². The van der Waals surface area contributed by atoms with Crippen LogP contribution >= 0.6 is 0 Å². The van der Waals surface area contributed by atoms with Gasteiger partial charge in [0, 0.05) is 29.5 Å². The minimum atomic E-state index is -1.73. The third-order valence-corrected chi connectivity index (χ3v) is 5.19. The number of carbonyl (C=O) groups is 2. The summed E-state index contributed by atoms with van der Waals surface area (Å²) in [6.45, 7) is 2.04. The Bertz CT molecular complexity index is 1170. The molecule has 2 amide bonds. The molecule has 4 N–H and O–H groups in total. The van der Waals surface area contributed by atoms with Gasteiger partial charge in [0.25, 0.3) is 11.8 Å². The van der Waals surface area contributed by atoms with E-state index in [-0.39, 0.29) is 13.2 Å². The van der Waals surface area contributed by atoms with Gasteiger partial charge in [0.1, 0.15) is 11.6 Å². The van der Waals surface area contributed by atoms with Crippen molar-refractivity contribution in [2.45, 2.75) is 19.1 Å². The Morgan fingerprint density at radius 3 is 2.90 bits per heavy atom. The van der Waals surface area contributed by atoms with Crippen molar-refractivity contribution >= 4 is 39.8 Å². The van der Waals surface area contributed by atoms with E-state index in [1.165, 1.54) is 23.1 Å². The maximum absolute atomic E-state index is 13.4. The number of nitrogen functional groups attached to an aromatic ring is 1. The highest BCUT2D eigenvalue weighted by Crippen LogP contribution is 2.26. The molecule has 160 valence electrons. The number of morpholine rings is 1. The standard InChI is InChI=1S/C22H21FN4O4/c1-12-10-14(23)2-5-17(12)27-8-9-31-19(22(27)30)18(28)21(29)26-15-3-4-16-13(11-15)6-7-25-20(16)24/h2-7,10-11,18-19,28H,8-9H2,1H3,(H2,24,25)(H,26,29)/t18-,19?/m1/s1. The van der Waals surface area contributed by atoms with Crippen LogP contribution in [0.5, 0.6) is 0 Å². The van der Waals surface area contributed by atoms with Crippen molar-refractivity contribution in [2.75, 3.05) is 29.1 Å². The number of fused-ring (bicyclic) bond motifs is 1. The highest BCUT2D eigenvalue weighted by atomic mass is 19.1. The van der Waals surface area contributed by atoms with Crippen molar-refractivity contribution in [3.8, 4) is 0 Å². The first-order chi connectivity index (χ1) is 14.8. The number of anilines is 3. The molecule has 1 unspecified atom stereocenters. The van der Waals surface area contributed by atoms with Crippen molar-refractivity contribution in [1.29, 1.82) is 0 Å². The molecule has 2 aromatic carbocycles. The van der Waals surface area contributed by atoms with Crippen LogP contribution in [-0.2, 0) is 14.3 Å². The number of aryl methyl sites for hydroxylation is 1. The summed E-state index contributed by atoms with van der Waals surface area (Å²) in [6, 6.07) is 10.8. The van der Waals surface area contributed by atoms with Gasteiger partial charge in [-0.1, -0.05) is 0 Å². The Morgan fingerprint density at radius 2 is 2.13 bits per heavy atom. The Kier molecular flexibility index (Phi) is 5.53. The Hall–Kier alpha value is -3.56. The number of amides is 2. The van der Waals surface area contributed by atoms with E-state index in [2.05, 4.69) is 10.3 Å². The van der Waals surface area contributed by atoms with E-state index in [1.807, 2.05) is 0 Å². The van der Waals surface area contributed by atoms with Crippen LogP contribution in [0.25, 0.3) is 10.8 Å². The molecule has 8 nitrogen and oxygen atoms in total. The zero-order valence-corrected chi connectivity index (χ0v) is 16.7. The highest BCUT2D eigenvalue weighted by molar-refractivity contribution is 6.05. The van der Waals surface area contributed by atoms with Gasteiger partial charge in [-0.15, -0.1) is 0 Å². The van der Waals surface area contributed by atoms with Gasteiger partial charge in [0.05, 0.1) is 6.61 Å². The molecule has 0 spiro atoms. The number of benzene rings is 2. The van der Waals surface area contributed by atoms with E-state index < -0.39 is 29.8 Å². The van der Waals surface area contributed by atoms with Gasteiger partial charge in [0.15, 0.2) is 12.2 Å². The van der Waals surface area contributed by atoms with Gasteiger partial charge in [0.2, 0.25) is 0 Å². The lowest BCUT2D eigenvalue weighted by atomic mass is 10.1. The molecular weight excluding hydrogens is 403 g/mol. The molecule has 0 bridgehead atoms. The molecule has 2 heterocycles. The molecule has 2 atom stereocenters. The lowest BCUT2D eigenvalue weighted by Gasteiger charge is -2.34. The number of ether oxygens (including phenoxy) is 1. The van der Waals surface area contributed by atoms with Crippen molar-refractivity contribution in [3.63, 3.8) is 0 Å². The second-order valence-corrected chi connectivity index (χ2v) is 7.28. The topological polar surface area (TPSA) is 118 Å². The lowest BCUT2D eigenvalue weighted by molar-refractivity contribution is -0.150. The number of halogens is 1. The molecular formula is C22H21FN4O4. The summed E-state index contributed by atoms with van der Waals surface area (Å²) in [5.41, 5.74) is 7.33. The first kappa shape index (κ1) is 20.7. The summed E-state index contributed by atoms with van der Waals surface area (Å²) >= 11 is 0. The number of hydrogen-bond donors (Lipinski definition) is 3. The summed E-state index contributed by atoms with van der Waals surface area (Å²) in [5, 5.41) is 14.6. The first-order valence-electron chi connectivity index (χ1n) is 9.67. The second-order valence-electron chi connectivity index (χ2n) is 7.28. The van der Waals surface area contributed by atoms with Crippen LogP contribution in [0.15, 0.2) is 48.7 Å². The SMILES string of the molecule is Cc1cc(F)ccc1N1CCOC([C@@H](O)C(=O)Nc2ccc3c(N)nccc3c2)C1=O. The fraction of sp³-hybridized carbons (Fsp3) is 0.227. The van der Waals surface area contributed by atoms with E-state index in [1.54, 1.807) is 37.4 Å². The number of nitrogens with zero attached hydrogens (tertiary/aromatic N) is 2. The lowest BCUT2D eigenvalue weighted by Crippen LogP contribution is -2.55. The predicted molar refractivity (Wildman–Crippen MR) is 114 cm³/mol. The number of aliphatic hydroxyl groups is 1. The molecule has 0 radical (unpaired) electrons. The first-order valence-corrected chi connectivity index (χ1v) is 9.67. The number of pyridine rings is 1. The quantitative estimate of drug-likeness (QED) is 0.590. The third kappa shape index (κ3) is 4.05. The van der Waals surface area contributed by atoms with E-state index in [4.69, 9.17) is 10.5 Å². The summed E-state index contributed by atoms with van der Waals surface area (Å²) in [4.78, 5) is 30.9. The number of carbonyl (C=O) groups excluding carboxylic acids is 2. The summed E-state index contributed by atoms with van der Waals surface area (Å²) in [6.07, 6.45) is -1.55. The average Bonchev–Trinajstić information content (AvgIpc) is 2.74. The molecule has 1 aliphatic heterocycles. The van der Waals surface area contributed by atoms with Gasteiger partial charge in [-0.2, -0.15) is 0 Å². The molecule has 0 saturated carbocycles. The fourth-order valence-corrected chi connectivity index (χ4v) is 3.63. The van der Waals surface area contributed by atoms with Gasteiger partial charge in [-0.3, -0.25) is 9.59 Å². The normalized spacial score (nSPS) is 17.6. The number of rotatable bonds is 4. The largest absolute Gasteiger partial charge is 0.383 e. The van der Waals surface area contributed by atoms with Gasteiger partial charge >= 0.3 is 0 Å². The molecule has 3 aromatic rings. The number of aliphatic hydroxyl groups excluding tert-OH is 1. The monoisotopic (exact) mass is 424 g/mol. The van der Waals surface area contributed by atoms with Crippen LogP contribution in [0.2, 0.25) is 0 Å². The fourth-order valence-electron chi connectivity index (χ4n) is 3.63. The van der Waals surface area contributed by atoms with Crippen LogP contribution < -0.4 is 16.0 Å². The average molecular weight is 424 g/mol. The van der Waals surface area contributed by atoms with E-state index in [9.17, 15) is 19.1 Å². The molecule has 9 heteroatoms. The smallest absolute Gasteiger partial charge is 0.259 e. The summed E-state index contributed by atoms with van der Waals surface area (Å²) in [7, 11) is 0. The molecule has 1 saturated heterocycles. The minimum absolute atomic E-state index is 0.125. The maximum Gasteiger partial charge on any atom is 0.259 e.